The zero-order chi connectivity index (χ0) is 16.7. The molecule has 23 heavy (non-hydrogen) atoms. The van der Waals surface area contributed by atoms with E-state index in [9.17, 15) is 10.1 Å². The van der Waals surface area contributed by atoms with Gasteiger partial charge in [0.2, 0.25) is 0 Å². The summed E-state index contributed by atoms with van der Waals surface area (Å²) in [7, 11) is 0. The Hall–Kier alpha value is -2.12. The average Bonchev–Trinajstić information content (AvgIpc) is 2.54. The van der Waals surface area contributed by atoms with Crippen molar-refractivity contribution in [1.82, 2.24) is 5.32 Å². The molecule has 0 aliphatic rings. The molecular weight excluding hydrogens is 330 g/mol. The molecule has 2 N–H and O–H groups in total. The second-order valence-corrected chi connectivity index (χ2v) is 6.38. The molecule has 120 valence electrons. The summed E-state index contributed by atoms with van der Waals surface area (Å²) >= 11 is 6.94. The Balaban J connectivity index is 1.79. The molecule has 0 spiro atoms. The lowest BCUT2D eigenvalue weighted by atomic mass is 10.2. The van der Waals surface area contributed by atoms with Gasteiger partial charge in [-0.1, -0.05) is 24.3 Å². The molecule has 2 aromatic rings. The highest BCUT2D eigenvalue weighted by Gasteiger charge is 2.11. The van der Waals surface area contributed by atoms with Crippen molar-refractivity contribution < 1.29 is 4.92 Å². The Labute approximate surface area is 144 Å². The fraction of sp³-hybridized carbons (Fsp3) is 0.188. The number of hydrogen-bond acceptors (Lipinski definition) is 4. The van der Waals surface area contributed by atoms with Crippen molar-refractivity contribution in [2.24, 2.45) is 0 Å². The zero-order valence-electron chi connectivity index (χ0n) is 12.6. The Kier molecular flexibility index (Phi) is 6.37. The Morgan fingerprint density at radius 3 is 2.70 bits per heavy atom. The summed E-state index contributed by atoms with van der Waals surface area (Å²) in [6, 6.07) is 15.1. The van der Waals surface area contributed by atoms with E-state index in [4.69, 9.17) is 12.2 Å². The van der Waals surface area contributed by atoms with Gasteiger partial charge in [-0.25, -0.2) is 0 Å². The van der Waals surface area contributed by atoms with Gasteiger partial charge in [0.25, 0.3) is 5.69 Å². The lowest BCUT2D eigenvalue weighted by molar-refractivity contribution is -0.385. The number of thioether (sulfide) groups is 1. The molecule has 0 unspecified atom stereocenters. The van der Waals surface area contributed by atoms with E-state index in [-0.39, 0.29) is 5.69 Å². The number of rotatable bonds is 6. The van der Waals surface area contributed by atoms with Crippen molar-refractivity contribution in [3.63, 3.8) is 0 Å². The fourth-order valence-electron chi connectivity index (χ4n) is 1.91. The van der Waals surface area contributed by atoms with E-state index in [1.54, 1.807) is 30.8 Å². The van der Waals surface area contributed by atoms with Crippen molar-refractivity contribution in [1.29, 1.82) is 0 Å². The van der Waals surface area contributed by atoms with Crippen molar-refractivity contribution in [2.75, 3.05) is 17.6 Å². The molecule has 0 aliphatic heterocycles. The van der Waals surface area contributed by atoms with Crippen LogP contribution in [0.2, 0.25) is 0 Å². The maximum atomic E-state index is 10.9. The van der Waals surface area contributed by atoms with Gasteiger partial charge in [0.1, 0.15) is 0 Å². The minimum Gasteiger partial charge on any atom is -0.362 e. The number of hydrogen-bond donors (Lipinski definition) is 2. The minimum atomic E-state index is -0.395. The molecule has 7 heteroatoms. The highest BCUT2D eigenvalue weighted by atomic mass is 32.2. The van der Waals surface area contributed by atoms with Crippen LogP contribution in [0.4, 0.5) is 11.4 Å². The van der Waals surface area contributed by atoms with E-state index in [1.165, 1.54) is 11.0 Å². The summed E-state index contributed by atoms with van der Waals surface area (Å²) < 4.78 is 0. The monoisotopic (exact) mass is 347 g/mol. The first kappa shape index (κ1) is 17.2. The normalized spacial score (nSPS) is 10.1. The summed E-state index contributed by atoms with van der Waals surface area (Å²) in [6.07, 6.45) is 0. The molecule has 0 heterocycles. The first-order chi connectivity index (χ1) is 11.1. The van der Waals surface area contributed by atoms with Crippen molar-refractivity contribution in [3.05, 3.63) is 64.2 Å². The van der Waals surface area contributed by atoms with E-state index in [1.807, 2.05) is 18.2 Å². The number of thiocarbonyl (C=S) groups is 1. The molecule has 0 radical (unpaired) electrons. The van der Waals surface area contributed by atoms with E-state index >= 15 is 0 Å². The molecule has 0 aromatic heterocycles. The van der Waals surface area contributed by atoms with E-state index in [0.29, 0.717) is 22.9 Å². The molecule has 2 rings (SSSR count). The van der Waals surface area contributed by atoms with Gasteiger partial charge in [-0.2, -0.15) is 0 Å². The summed E-state index contributed by atoms with van der Waals surface area (Å²) in [5, 5.41) is 17.5. The van der Waals surface area contributed by atoms with Crippen molar-refractivity contribution in [2.45, 2.75) is 11.8 Å². The Morgan fingerprint density at radius 2 is 2.00 bits per heavy atom. The van der Waals surface area contributed by atoms with Gasteiger partial charge in [0, 0.05) is 34.5 Å². The van der Waals surface area contributed by atoms with Gasteiger partial charge in [0.15, 0.2) is 5.11 Å². The summed E-state index contributed by atoms with van der Waals surface area (Å²) in [5.41, 5.74) is 1.31. The maximum absolute atomic E-state index is 10.9. The Bertz CT molecular complexity index is 693. The van der Waals surface area contributed by atoms with E-state index < -0.39 is 4.92 Å². The molecule has 0 fully saturated rings. The largest absolute Gasteiger partial charge is 0.362 e. The van der Waals surface area contributed by atoms with E-state index in [2.05, 4.69) is 22.8 Å². The van der Waals surface area contributed by atoms with Crippen LogP contribution in [0.3, 0.4) is 0 Å². The lowest BCUT2D eigenvalue weighted by Gasteiger charge is -2.10. The molecular formula is C16H17N3O2S2. The highest BCUT2D eigenvalue weighted by Crippen LogP contribution is 2.22. The third-order valence-corrected chi connectivity index (χ3v) is 4.32. The van der Waals surface area contributed by atoms with Crippen LogP contribution in [0.25, 0.3) is 0 Å². The predicted molar refractivity (Wildman–Crippen MR) is 99.2 cm³/mol. The molecule has 0 saturated carbocycles. The van der Waals surface area contributed by atoms with Crippen LogP contribution < -0.4 is 10.6 Å². The van der Waals surface area contributed by atoms with Crippen LogP contribution in [-0.4, -0.2) is 22.3 Å². The van der Waals surface area contributed by atoms with Crippen LogP contribution in [0, 0.1) is 17.0 Å². The Morgan fingerprint density at radius 1 is 1.26 bits per heavy atom. The van der Waals surface area contributed by atoms with Crippen molar-refractivity contribution >= 4 is 40.5 Å². The molecule has 0 aliphatic carbocycles. The van der Waals surface area contributed by atoms with Crippen LogP contribution in [0.5, 0.6) is 0 Å². The van der Waals surface area contributed by atoms with Gasteiger partial charge in [-0.05, 0) is 37.3 Å². The molecule has 0 saturated heterocycles. The molecule has 0 atom stereocenters. The fourth-order valence-corrected chi connectivity index (χ4v) is 2.92. The minimum absolute atomic E-state index is 0.0810. The van der Waals surface area contributed by atoms with Gasteiger partial charge < -0.3 is 10.6 Å². The third kappa shape index (κ3) is 5.54. The first-order valence-electron chi connectivity index (χ1n) is 7.04. The van der Waals surface area contributed by atoms with Gasteiger partial charge in [-0.3, -0.25) is 10.1 Å². The number of nitrogens with one attached hydrogen (secondary N) is 2. The van der Waals surface area contributed by atoms with E-state index in [0.717, 1.165) is 5.75 Å². The standard InChI is InChI=1S/C16H17N3O2S2/c1-12-7-8-13(11-15(12)19(20)21)18-16(22)17-9-10-23-14-5-3-2-4-6-14/h2-8,11H,9-10H2,1H3,(H2,17,18,22). The SMILES string of the molecule is Cc1ccc(NC(=S)NCCSc2ccccc2)cc1[N+](=O)[O-]. The second-order valence-electron chi connectivity index (χ2n) is 4.80. The first-order valence-corrected chi connectivity index (χ1v) is 8.43. The van der Waals surface area contributed by atoms with Crippen LogP contribution in [0.15, 0.2) is 53.4 Å². The number of benzene rings is 2. The number of anilines is 1. The molecule has 0 bridgehead atoms. The lowest BCUT2D eigenvalue weighted by Crippen LogP contribution is -2.30. The number of nitro groups is 1. The molecule has 5 nitrogen and oxygen atoms in total. The maximum Gasteiger partial charge on any atom is 0.274 e. The number of nitro benzene ring substituents is 1. The second kappa shape index (κ2) is 8.50. The summed E-state index contributed by atoms with van der Waals surface area (Å²) in [6.45, 7) is 2.42. The molecule has 2 aromatic carbocycles. The van der Waals surface area contributed by atoms with Crippen LogP contribution in [0.1, 0.15) is 5.56 Å². The number of aryl methyl sites for hydroxylation is 1. The van der Waals surface area contributed by atoms with Gasteiger partial charge in [-0.15, -0.1) is 11.8 Å². The topological polar surface area (TPSA) is 67.2 Å². The number of nitrogens with zero attached hydrogens (tertiary/aromatic N) is 1. The predicted octanol–water partition coefficient (Wildman–Crippen LogP) is 3.98. The molecule has 0 amide bonds. The van der Waals surface area contributed by atoms with Crippen molar-refractivity contribution in [3.8, 4) is 0 Å². The smallest absolute Gasteiger partial charge is 0.274 e. The van der Waals surface area contributed by atoms with Crippen LogP contribution in [-0.2, 0) is 0 Å². The quantitative estimate of drug-likeness (QED) is 0.271. The average molecular weight is 347 g/mol. The summed E-state index contributed by atoms with van der Waals surface area (Å²) in [4.78, 5) is 11.7. The van der Waals surface area contributed by atoms with Gasteiger partial charge in [0.05, 0.1) is 4.92 Å². The highest BCUT2D eigenvalue weighted by molar-refractivity contribution is 7.99. The third-order valence-electron chi connectivity index (χ3n) is 3.06. The summed E-state index contributed by atoms with van der Waals surface area (Å²) in [5.74, 6) is 0.875. The van der Waals surface area contributed by atoms with Crippen LogP contribution >= 0.6 is 24.0 Å². The zero-order valence-corrected chi connectivity index (χ0v) is 14.2. The van der Waals surface area contributed by atoms with Gasteiger partial charge >= 0.3 is 0 Å².